The number of nitrogens with zero attached hydrogens (tertiary/aromatic N) is 3. The molecule has 0 bridgehead atoms. The molecule has 5 heteroatoms. The van der Waals surface area contributed by atoms with Gasteiger partial charge in [0.15, 0.2) is 5.65 Å². The van der Waals surface area contributed by atoms with Crippen molar-refractivity contribution >= 4 is 38.7 Å². The van der Waals surface area contributed by atoms with Gasteiger partial charge in [-0.2, -0.15) is 0 Å². The highest BCUT2D eigenvalue weighted by Crippen LogP contribution is 2.34. The Labute approximate surface area is 127 Å². The molecule has 0 aromatic carbocycles. The van der Waals surface area contributed by atoms with Gasteiger partial charge in [0.25, 0.3) is 0 Å². The Morgan fingerprint density at radius 1 is 1.42 bits per heavy atom. The Kier molecular flexibility index (Phi) is 4.21. The number of hydrogen-bond donors (Lipinski definition) is 0. The van der Waals surface area contributed by atoms with Gasteiger partial charge in [0.05, 0.1) is 0 Å². The zero-order valence-electron chi connectivity index (χ0n) is 11.7. The van der Waals surface area contributed by atoms with Gasteiger partial charge in [0, 0.05) is 29.0 Å². The number of halogens is 2. The Bertz CT molecular complexity index is 586. The summed E-state index contributed by atoms with van der Waals surface area (Å²) >= 11 is 9.35. The minimum atomic E-state index is 0.142. The molecule has 2 rings (SSSR count). The second-order valence-electron chi connectivity index (χ2n) is 5.88. The summed E-state index contributed by atoms with van der Waals surface area (Å²) in [7, 11) is 0. The normalized spacial score (nSPS) is 14.0. The van der Waals surface area contributed by atoms with Crippen molar-refractivity contribution in [2.24, 2.45) is 5.41 Å². The fraction of sp³-hybridized carbons (Fsp3) is 0.571. The number of alkyl halides is 1. The van der Waals surface area contributed by atoms with Crippen LogP contribution in [0.25, 0.3) is 11.2 Å². The van der Waals surface area contributed by atoms with Crippen LogP contribution in [0.3, 0.4) is 0 Å². The smallest absolute Gasteiger partial charge is 0.160 e. The number of aromatic nitrogens is 3. The molecule has 1 atom stereocenters. The number of aryl methyl sites for hydroxylation is 1. The molecule has 2 aromatic heterocycles. The zero-order chi connectivity index (χ0) is 14.2. The van der Waals surface area contributed by atoms with Crippen LogP contribution < -0.4 is 0 Å². The van der Waals surface area contributed by atoms with Crippen LogP contribution in [0.15, 0.2) is 16.7 Å². The first kappa shape index (κ1) is 14.8. The Hall–Kier alpha value is -0.610. The van der Waals surface area contributed by atoms with Crippen molar-refractivity contribution in [3.63, 3.8) is 0 Å². The first-order chi connectivity index (χ1) is 8.84. The summed E-state index contributed by atoms with van der Waals surface area (Å²) < 4.78 is 3.18. The van der Waals surface area contributed by atoms with Gasteiger partial charge >= 0.3 is 0 Å². The van der Waals surface area contributed by atoms with Crippen LogP contribution in [0.2, 0.25) is 0 Å². The van der Waals surface area contributed by atoms with Crippen molar-refractivity contribution in [2.45, 2.75) is 40.2 Å². The maximum Gasteiger partial charge on any atom is 0.160 e. The Morgan fingerprint density at radius 3 is 2.68 bits per heavy atom. The molecule has 0 amide bonds. The maximum absolute atomic E-state index is 5.90. The lowest BCUT2D eigenvalue weighted by atomic mass is 9.87. The third kappa shape index (κ3) is 2.95. The molecule has 0 saturated carbocycles. The number of fused-ring (bicyclic) bond motifs is 1. The largest absolute Gasteiger partial charge is 0.309 e. The van der Waals surface area contributed by atoms with E-state index in [2.05, 4.69) is 58.2 Å². The topological polar surface area (TPSA) is 30.7 Å². The number of imidazole rings is 1. The highest BCUT2D eigenvalue weighted by molar-refractivity contribution is 9.10. The zero-order valence-corrected chi connectivity index (χ0v) is 14.1. The average Bonchev–Trinajstić information content (AvgIpc) is 2.64. The Balaban J connectivity index is 2.64. The summed E-state index contributed by atoms with van der Waals surface area (Å²) in [5.41, 5.74) is 2.00. The third-order valence-corrected chi connectivity index (χ3v) is 4.15. The molecule has 19 heavy (non-hydrogen) atoms. The lowest BCUT2D eigenvalue weighted by Gasteiger charge is -2.30. The van der Waals surface area contributed by atoms with E-state index < -0.39 is 0 Å². The fourth-order valence-corrected chi connectivity index (χ4v) is 2.55. The van der Waals surface area contributed by atoms with E-state index in [4.69, 9.17) is 11.6 Å². The monoisotopic (exact) mass is 343 g/mol. The molecule has 2 aromatic rings. The molecular formula is C14H19BrClN3. The molecule has 2 heterocycles. The first-order valence-electron chi connectivity index (χ1n) is 6.43. The van der Waals surface area contributed by atoms with Crippen molar-refractivity contribution in [1.29, 1.82) is 0 Å². The van der Waals surface area contributed by atoms with E-state index in [9.17, 15) is 0 Å². The molecule has 1 unspecified atom stereocenters. The molecular weight excluding hydrogens is 326 g/mol. The lowest BCUT2D eigenvalue weighted by molar-refractivity contribution is 0.262. The van der Waals surface area contributed by atoms with Gasteiger partial charge in [0.1, 0.15) is 11.3 Å². The highest BCUT2D eigenvalue weighted by Gasteiger charge is 2.26. The van der Waals surface area contributed by atoms with E-state index in [1.54, 1.807) is 0 Å². The maximum atomic E-state index is 5.90. The van der Waals surface area contributed by atoms with Crippen LogP contribution in [0.4, 0.5) is 0 Å². The summed E-state index contributed by atoms with van der Waals surface area (Å²) in [6.45, 7) is 8.90. The van der Waals surface area contributed by atoms with Crippen molar-refractivity contribution in [2.75, 3.05) is 5.88 Å². The minimum Gasteiger partial charge on any atom is -0.309 e. The predicted molar refractivity (Wildman–Crippen MR) is 83.8 cm³/mol. The van der Waals surface area contributed by atoms with Crippen LogP contribution in [0, 0.1) is 5.41 Å². The number of hydrogen-bond acceptors (Lipinski definition) is 2. The van der Waals surface area contributed by atoms with Crippen molar-refractivity contribution < 1.29 is 0 Å². The average molecular weight is 345 g/mol. The molecule has 104 valence electrons. The molecule has 0 aliphatic carbocycles. The summed E-state index contributed by atoms with van der Waals surface area (Å²) in [5, 5.41) is 0. The van der Waals surface area contributed by atoms with Crippen LogP contribution in [-0.2, 0) is 6.42 Å². The summed E-state index contributed by atoms with van der Waals surface area (Å²) in [6.07, 6.45) is 2.58. The quantitative estimate of drug-likeness (QED) is 0.763. The second kappa shape index (κ2) is 5.41. The molecule has 0 spiro atoms. The molecule has 0 fully saturated rings. The Morgan fingerprint density at radius 2 is 2.11 bits per heavy atom. The van der Waals surface area contributed by atoms with Gasteiger partial charge in [-0.15, -0.1) is 11.6 Å². The molecule has 0 radical (unpaired) electrons. The number of rotatable bonds is 3. The summed E-state index contributed by atoms with van der Waals surface area (Å²) in [5.74, 6) is 1.58. The van der Waals surface area contributed by atoms with Gasteiger partial charge in [-0.05, 0) is 34.3 Å². The molecule has 0 aliphatic rings. The lowest BCUT2D eigenvalue weighted by Crippen LogP contribution is -2.23. The van der Waals surface area contributed by atoms with E-state index in [1.807, 2.05) is 12.3 Å². The summed E-state index contributed by atoms with van der Waals surface area (Å²) in [4.78, 5) is 9.21. The SMILES string of the molecule is CC(n1c(CCCl)nc2cc(Br)cnc21)C(C)(C)C. The second-order valence-corrected chi connectivity index (χ2v) is 7.17. The van der Waals surface area contributed by atoms with E-state index in [-0.39, 0.29) is 5.41 Å². The van der Waals surface area contributed by atoms with Crippen LogP contribution in [-0.4, -0.2) is 20.4 Å². The van der Waals surface area contributed by atoms with Crippen molar-refractivity contribution in [3.8, 4) is 0 Å². The molecule has 0 aliphatic heterocycles. The standard InChI is InChI=1S/C14H19BrClN3/c1-9(14(2,3)4)19-12(5-6-16)18-11-7-10(15)8-17-13(11)19/h7-9H,5-6H2,1-4H3. The van der Waals surface area contributed by atoms with Gasteiger partial charge in [-0.25, -0.2) is 9.97 Å². The minimum absolute atomic E-state index is 0.142. The van der Waals surface area contributed by atoms with E-state index in [0.29, 0.717) is 11.9 Å². The molecule has 3 nitrogen and oxygen atoms in total. The van der Waals surface area contributed by atoms with Gasteiger partial charge in [0.2, 0.25) is 0 Å². The molecule has 0 saturated heterocycles. The molecule has 0 N–H and O–H groups in total. The van der Waals surface area contributed by atoms with Crippen LogP contribution in [0.1, 0.15) is 39.6 Å². The van der Waals surface area contributed by atoms with Crippen LogP contribution in [0.5, 0.6) is 0 Å². The highest BCUT2D eigenvalue weighted by atomic mass is 79.9. The van der Waals surface area contributed by atoms with Gasteiger partial charge in [-0.1, -0.05) is 20.8 Å². The van der Waals surface area contributed by atoms with Crippen molar-refractivity contribution in [3.05, 3.63) is 22.6 Å². The predicted octanol–water partition coefficient (Wildman–Crippen LogP) is 4.58. The first-order valence-corrected chi connectivity index (χ1v) is 7.75. The van der Waals surface area contributed by atoms with Crippen molar-refractivity contribution in [1.82, 2.24) is 14.5 Å². The van der Waals surface area contributed by atoms with Gasteiger partial charge in [-0.3, -0.25) is 0 Å². The summed E-state index contributed by atoms with van der Waals surface area (Å²) in [6, 6.07) is 2.32. The van der Waals surface area contributed by atoms with E-state index in [0.717, 1.165) is 27.9 Å². The van der Waals surface area contributed by atoms with Crippen LogP contribution >= 0.6 is 27.5 Å². The fourth-order valence-electron chi connectivity index (χ4n) is 2.06. The van der Waals surface area contributed by atoms with E-state index in [1.165, 1.54) is 0 Å². The third-order valence-electron chi connectivity index (χ3n) is 3.53. The number of pyridine rings is 1. The van der Waals surface area contributed by atoms with Gasteiger partial charge < -0.3 is 4.57 Å². The van der Waals surface area contributed by atoms with E-state index >= 15 is 0 Å².